The molecule has 0 spiro atoms. The van der Waals surface area contributed by atoms with Gasteiger partial charge in [-0.25, -0.2) is 18.4 Å². The van der Waals surface area contributed by atoms with Gasteiger partial charge in [0.1, 0.15) is 23.8 Å². The maximum Gasteiger partial charge on any atom is 0.138 e. The fourth-order valence-electron chi connectivity index (χ4n) is 2.35. The van der Waals surface area contributed by atoms with Crippen LogP contribution in [-0.4, -0.2) is 21.3 Å². The quantitative estimate of drug-likeness (QED) is 0.890. The van der Waals surface area contributed by atoms with Crippen LogP contribution in [-0.2, 0) is 6.42 Å². The summed E-state index contributed by atoms with van der Waals surface area (Å²) in [6, 6.07) is 3.34. The largest absolute Gasteiger partial charge is 0.310 e. The van der Waals surface area contributed by atoms with Crippen molar-refractivity contribution in [3.63, 3.8) is 0 Å². The summed E-state index contributed by atoms with van der Waals surface area (Å²) in [7, 11) is 0. The van der Waals surface area contributed by atoms with Gasteiger partial charge in [-0.2, -0.15) is 5.10 Å². The Hall–Kier alpha value is -1.82. The van der Waals surface area contributed by atoms with Crippen LogP contribution in [0, 0.1) is 11.6 Å². The van der Waals surface area contributed by atoms with E-state index in [2.05, 4.69) is 15.4 Å². The number of hydrogen-bond donors (Lipinski definition) is 1. The number of likely N-dealkylation sites (N-methyl/N-ethyl adjacent to an activating group) is 1. The van der Waals surface area contributed by atoms with Crippen LogP contribution < -0.4 is 5.32 Å². The molecule has 2 aromatic rings. The lowest BCUT2D eigenvalue weighted by Crippen LogP contribution is -2.26. The second kappa shape index (κ2) is 6.76. The standard InChI is InChI=1S/C15H20F2N4/c1-4-18-14(12-7-11(16)5-6-13(12)17)8-15-19-9-20-21(15)10(2)3/h5-7,9-10,14,18H,4,8H2,1-3H3. The number of benzene rings is 1. The molecule has 1 aromatic carbocycles. The number of nitrogens with one attached hydrogen (secondary N) is 1. The minimum atomic E-state index is -0.445. The molecule has 6 heteroatoms. The molecule has 0 aliphatic carbocycles. The molecule has 0 radical (unpaired) electrons. The lowest BCUT2D eigenvalue weighted by molar-refractivity contribution is 0.455. The number of hydrogen-bond acceptors (Lipinski definition) is 3. The van der Waals surface area contributed by atoms with E-state index in [-0.39, 0.29) is 12.1 Å². The monoisotopic (exact) mass is 294 g/mol. The second-order valence-corrected chi connectivity index (χ2v) is 5.19. The average molecular weight is 294 g/mol. The van der Waals surface area contributed by atoms with Crippen molar-refractivity contribution in [3.8, 4) is 0 Å². The number of nitrogens with zero attached hydrogens (tertiary/aromatic N) is 3. The average Bonchev–Trinajstić information content (AvgIpc) is 2.89. The van der Waals surface area contributed by atoms with Crippen molar-refractivity contribution in [2.45, 2.75) is 39.3 Å². The van der Waals surface area contributed by atoms with Crippen LogP contribution in [0.5, 0.6) is 0 Å². The van der Waals surface area contributed by atoms with Gasteiger partial charge in [0.05, 0.1) is 0 Å². The van der Waals surface area contributed by atoms with E-state index < -0.39 is 11.6 Å². The van der Waals surface area contributed by atoms with Crippen molar-refractivity contribution in [2.75, 3.05) is 6.54 Å². The molecular weight excluding hydrogens is 274 g/mol. The summed E-state index contributed by atoms with van der Waals surface area (Å²) in [4.78, 5) is 4.23. The van der Waals surface area contributed by atoms with E-state index in [1.807, 2.05) is 20.8 Å². The van der Waals surface area contributed by atoms with Gasteiger partial charge in [0.25, 0.3) is 0 Å². The topological polar surface area (TPSA) is 42.7 Å². The van der Waals surface area contributed by atoms with Crippen molar-refractivity contribution in [1.29, 1.82) is 0 Å². The lowest BCUT2D eigenvalue weighted by Gasteiger charge is -2.20. The molecule has 0 aliphatic rings. The molecule has 1 heterocycles. The smallest absolute Gasteiger partial charge is 0.138 e. The Balaban J connectivity index is 2.31. The first-order valence-corrected chi connectivity index (χ1v) is 7.09. The minimum absolute atomic E-state index is 0.169. The molecule has 1 N–H and O–H groups in total. The first-order chi connectivity index (χ1) is 10.0. The van der Waals surface area contributed by atoms with Crippen molar-refractivity contribution in [1.82, 2.24) is 20.1 Å². The van der Waals surface area contributed by atoms with Crippen LogP contribution in [0.25, 0.3) is 0 Å². The molecular formula is C15H20F2N4. The Bertz CT molecular complexity index is 595. The SMILES string of the molecule is CCNC(Cc1ncnn1C(C)C)c1cc(F)ccc1F. The van der Waals surface area contributed by atoms with Crippen LogP contribution >= 0.6 is 0 Å². The van der Waals surface area contributed by atoms with Crippen LogP contribution in [0.1, 0.15) is 44.2 Å². The fourth-order valence-corrected chi connectivity index (χ4v) is 2.35. The number of aromatic nitrogens is 3. The third-order valence-electron chi connectivity index (χ3n) is 3.31. The zero-order chi connectivity index (χ0) is 15.4. The van der Waals surface area contributed by atoms with Crippen LogP contribution in [0.15, 0.2) is 24.5 Å². The highest BCUT2D eigenvalue weighted by molar-refractivity contribution is 5.23. The molecule has 2 rings (SSSR count). The zero-order valence-electron chi connectivity index (χ0n) is 12.5. The Morgan fingerprint density at radius 2 is 2.05 bits per heavy atom. The highest BCUT2D eigenvalue weighted by Crippen LogP contribution is 2.22. The van der Waals surface area contributed by atoms with Gasteiger partial charge in [-0.15, -0.1) is 0 Å². The highest BCUT2D eigenvalue weighted by Gasteiger charge is 2.19. The zero-order valence-corrected chi connectivity index (χ0v) is 12.5. The van der Waals surface area contributed by atoms with Crippen LogP contribution in [0.3, 0.4) is 0 Å². The third kappa shape index (κ3) is 3.64. The second-order valence-electron chi connectivity index (χ2n) is 5.19. The van der Waals surface area contributed by atoms with Crippen molar-refractivity contribution in [2.24, 2.45) is 0 Å². The Morgan fingerprint density at radius 1 is 1.29 bits per heavy atom. The van der Waals surface area contributed by atoms with E-state index in [4.69, 9.17) is 0 Å². The van der Waals surface area contributed by atoms with Crippen molar-refractivity contribution >= 4 is 0 Å². The van der Waals surface area contributed by atoms with Gasteiger partial charge >= 0.3 is 0 Å². The van der Waals surface area contributed by atoms with Gasteiger partial charge in [0.2, 0.25) is 0 Å². The van der Waals surface area contributed by atoms with E-state index in [0.717, 1.165) is 18.0 Å². The van der Waals surface area contributed by atoms with E-state index >= 15 is 0 Å². The molecule has 1 unspecified atom stereocenters. The van der Waals surface area contributed by atoms with E-state index in [1.54, 1.807) is 4.68 Å². The normalized spacial score (nSPS) is 12.9. The summed E-state index contributed by atoms with van der Waals surface area (Å²) >= 11 is 0. The molecule has 0 bridgehead atoms. The van der Waals surface area contributed by atoms with Gasteiger partial charge in [-0.05, 0) is 38.6 Å². The third-order valence-corrected chi connectivity index (χ3v) is 3.31. The van der Waals surface area contributed by atoms with Crippen molar-refractivity contribution in [3.05, 3.63) is 47.5 Å². The molecule has 1 atom stereocenters. The molecule has 0 saturated carbocycles. The van der Waals surface area contributed by atoms with Gasteiger partial charge in [-0.1, -0.05) is 6.92 Å². The first kappa shape index (κ1) is 15.6. The van der Waals surface area contributed by atoms with E-state index in [0.29, 0.717) is 18.5 Å². The summed E-state index contributed by atoms with van der Waals surface area (Å²) in [5.74, 6) is -0.114. The summed E-state index contributed by atoms with van der Waals surface area (Å²) in [5, 5.41) is 7.36. The lowest BCUT2D eigenvalue weighted by atomic mass is 10.0. The van der Waals surface area contributed by atoms with E-state index in [9.17, 15) is 8.78 Å². The number of rotatable bonds is 6. The van der Waals surface area contributed by atoms with Crippen LogP contribution in [0.4, 0.5) is 8.78 Å². The minimum Gasteiger partial charge on any atom is -0.310 e. The number of halogens is 2. The summed E-state index contributed by atoms with van der Waals surface area (Å²) in [5.41, 5.74) is 0.315. The summed E-state index contributed by atoms with van der Waals surface area (Å²) < 4.78 is 29.2. The summed E-state index contributed by atoms with van der Waals surface area (Å²) in [6.07, 6.45) is 1.94. The first-order valence-electron chi connectivity index (χ1n) is 7.09. The summed E-state index contributed by atoms with van der Waals surface area (Å²) in [6.45, 7) is 6.58. The molecule has 0 fully saturated rings. The maximum absolute atomic E-state index is 14.0. The van der Waals surface area contributed by atoms with Gasteiger partial charge < -0.3 is 5.32 Å². The van der Waals surface area contributed by atoms with E-state index in [1.165, 1.54) is 12.4 Å². The van der Waals surface area contributed by atoms with Crippen LogP contribution in [0.2, 0.25) is 0 Å². The predicted octanol–water partition coefficient (Wildman–Crippen LogP) is 3.03. The maximum atomic E-state index is 14.0. The molecule has 1 aromatic heterocycles. The molecule has 114 valence electrons. The molecule has 0 aliphatic heterocycles. The van der Waals surface area contributed by atoms with Gasteiger partial charge in [0, 0.05) is 24.1 Å². The van der Waals surface area contributed by atoms with Gasteiger partial charge in [-0.3, -0.25) is 0 Å². The fraction of sp³-hybridized carbons (Fsp3) is 0.467. The molecule has 21 heavy (non-hydrogen) atoms. The Kier molecular flexibility index (Phi) is 5.01. The van der Waals surface area contributed by atoms with Crippen molar-refractivity contribution < 1.29 is 8.78 Å². The molecule has 4 nitrogen and oxygen atoms in total. The van der Waals surface area contributed by atoms with Gasteiger partial charge in [0.15, 0.2) is 0 Å². The predicted molar refractivity (Wildman–Crippen MR) is 76.9 cm³/mol. The molecule has 0 saturated heterocycles. The highest BCUT2D eigenvalue weighted by atomic mass is 19.1. The molecule has 0 amide bonds. The Morgan fingerprint density at radius 3 is 2.71 bits per heavy atom. The Labute approximate surface area is 123 Å².